The normalized spacial score (nSPS) is 30.4. The van der Waals surface area contributed by atoms with E-state index in [1.165, 1.54) is 19.5 Å². The molecular weight excluding hydrogens is 550 g/mol. The number of rotatable bonds is 4. The lowest BCUT2D eigenvalue weighted by atomic mass is 9.70. The van der Waals surface area contributed by atoms with Crippen LogP contribution in [0.25, 0.3) is 0 Å². The smallest absolute Gasteiger partial charge is 0.229 e. The van der Waals surface area contributed by atoms with Gasteiger partial charge in [-0.3, -0.25) is 9.78 Å². The van der Waals surface area contributed by atoms with Crippen LogP contribution in [-0.2, 0) is 16.0 Å². The minimum Gasteiger partial charge on any atom is -0.495 e. The number of halogens is 1. The lowest BCUT2D eigenvalue weighted by molar-refractivity contribution is -0.157. The predicted molar refractivity (Wildman–Crippen MR) is 144 cm³/mol. The van der Waals surface area contributed by atoms with Crippen LogP contribution in [0.4, 0.5) is 0 Å². The van der Waals surface area contributed by atoms with Crippen molar-refractivity contribution in [1.29, 1.82) is 0 Å². The summed E-state index contributed by atoms with van der Waals surface area (Å²) >= 11 is 3.51. The fourth-order valence-electron chi connectivity index (χ4n) is 6.60. The first-order chi connectivity index (χ1) is 18.3. The van der Waals surface area contributed by atoms with Crippen LogP contribution in [0, 0.1) is 5.92 Å². The molecule has 2 aliphatic heterocycles. The molecule has 198 valence electrons. The monoisotopic (exact) mass is 579 g/mol. The zero-order valence-electron chi connectivity index (χ0n) is 21.3. The molecule has 3 aromatic rings. The molecule has 9 heteroatoms. The molecule has 1 saturated heterocycles. The summed E-state index contributed by atoms with van der Waals surface area (Å²) in [5.41, 5.74) is -1.79. The molecule has 1 saturated carbocycles. The number of ether oxygens (including phenoxy) is 2. The van der Waals surface area contributed by atoms with Crippen LogP contribution < -0.4 is 9.47 Å². The number of likely N-dealkylation sites (N-methyl/N-ethyl adjacent to an activating group) is 1. The summed E-state index contributed by atoms with van der Waals surface area (Å²) in [6, 6.07) is 17.0. The Kier molecular flexibility index (Phi) is 6.22. The summed E-state index contributed by atoms with van der Waals surface area (Å²) in [5.74, 6) is -1.27. The highest BCUT2D eigenvalue weighted by atomic mass is 79.9. The molecule has 1 aromatic heterocycles. The van der Waals surface area contributed by atoms with E-state index in [1.807, 2.05) is 61.6 Å². The highest BCUT2D eigenvalue weighted by molar-refractivity contribution is 9.10. The number of fused-ring (bicyclic) bond motifs is 3. The molecule has 0 radical (unpaired) electrons. The molecular formula is C29H30BrN3O5. The van der Waals surface area contributed by atoms with Crippen molar-refractivity contribution in [3.63, 3.8) is 0 Å². The number of methoxy groups -OCH3 is 1. The van der Waals surface area contributed by atoms with Gasteiger partial charge in [-0.1, -0.05) is 58.4 Å². The fourth-order valence-corrected chi connectivity index (χ4v) is 6.87. The summed E-state index contributed by atoms with van der Waals surface area (Å²) in [4.78, 5) is 22.5. The Morgan fingerprint density at radius 1 is 1.08 bits per heavy atom. The third-order valence-corrected chi connectivity index (χ3v) is 8.94. The number of carbonyl (C=O) groups is 1. The van der Waals surface area contributed by atoms with E-state index in [1.54, 1.807) is 4.90 Å². The highest BCUT2D eigenvalue weighted by Crippen LogP contribution is 2.69. The molecule has 38 heavy (non-hydrogen) atoms. The van der Waals surface area contributed by atoms with Crippen LogP contribution in [0.1, 0.15) is 22.6 Å². The molecule has 2 N–H and O–H groups in total. The Labute approximate surface area is 229 Å². The van der Waals surface area contributed by atoms with Gasteiger partial charge in [-0.05, 0) is 30.3 Å². The molecule has 1 aliphatic carbocycles. The summed E-state index contributed by atoms with van der Waals surface area (Å²) < 4.78 is 13.2. The second kappa shape index (κ2) is 9.34. The molecule has 1 amide bonds. The zero-order chi connectivity index (χ0) is 26.7. The van der Waals surface area contributed by atoms with E-state index < -0.39 is 29.1 Å². The number of piperazine rings is 1. The van der Waals surface area contributed by atoms with Gasteiger partial charge in [0.15, 0.2) is 11.2 Å². The second-order valence-electron chi connectivity index (χ2n) is 10.3. The number of aliphatic hydroxyl groups excluding tert-OH is 1. The molecule has 2 aromatic carbocycles. The number of amides is 1. The fraction of sp³-hybridized carbons (Fsp3) is 0.379. The Balaban J connectivity index is 1.62. The number of hydrogen-bond donors (Lipinski definition) is 2. The average Bonchev–Trinajstić information content (AvgIpc) is 3.32. The Morgan fingerprint density at radius 3 is 2.42 bits per heavy atom. The molecule has 0 unspecified atom stereocenters. The van der Waals surface area contributed by atoms with E-state index in [2.05, 4.69) is 25.8 Å². The summed E-state index contributed by atoms with van der Waals surface area (Å²) in [6.45, 7) is 2.58. The number of pyridine rings is 1. The minimum absolute atomic E-state index is 0.197. The maximum absolute atomic E-state index is 14.3. The molecule has 8 nitrogen and oxygen atoms in total. The maximum atomic E-state index is 14.3. The van der Waals surface area contributed by atoms with E-state index in [0.29, 0.717) is 35.7 Å². The van der Waals surface area contributed by atoms with Gasteiger partial charge in [0, 0.05) is 36.6 Å². The lowest BCUT2D eigenvalue weighted by Crippen LogP contribution is -2.52. The Hall–Kier alpha value is -2.98. The van der Waals surface area contributed by atoms with E-state index in [-0.39, 0.29) is 5.91 Å². The van der Waals surface area contributed by atoms with Crippen LogP contribution in [0.15, 0.2) is 71.5 Å². The molecule has 0 spiro atoms. The molecule has 2 fully saturated rings. The maximum Gasteiger partial charge on any atom is 0.229 e. The lowest BCUT2D eigenvalue weighted by Gasteiger charge is -2.41. The second-order valence-corrected chi connectivity index (χ2v) is 11.2. The molecule has 3 heterocycles. The predicted octanol–water partition coefficient (Wildman–Crippen LogP) is 2.88. The van der Waals surface area contributed by atoms with Crippen molar-refractivity contribution >= 4 is 21.8 Å². The molecule has 5 atom stereocenters. The molecule has 6 rings (SSSR count). The number of aliphatic hydroxyl groups is 2. The van der Waals surface area contributed by atoms with Crippen molar-refractivity contribution in [3.05, 3.63) is 88.2 Å². The minimum atomic E-state index is -2.00. The van der Waals surface area contributed by atoms with E-state index in [4.69, 9.17) is 9.47 Å². The van der Waals surface area contributed by atoms with Crippen molar-refractivity contribution in [2.75, 3.05) is 40.3 Å². The van der Waals surface area contributed by atoms with Gasteiger partial charge in [-0.25, -0.2) is 0 Å². The summed E-state index contributed by atoms with van der Waals surface area (Å²) in [7, 11) is 3.52. The standard InChI is InChI=1S/C29H30BrN3O5/c1-32-12-14-33(15-13-32)27(35)23-24(18-6-4-3-5-7-18)29(19-8-10-20(30)11-9-19)28(36,26(23)34)25-21(37-2)16-31-17-22(25)38-29/h3-11,16-17,23-24,26,34,36H,12-15H2,1-2H3/t23-,24-,26-,28+,29+/m1/s1. The van der Waals surface area contributed by atoms with Crippen molar-refractivity contribution < 1.29 is 24.5 Å². The van der Waals surface area contributed by atoms with Crippen molar-refractivity contribution in [2.24, 2.45) is 5.92 Å². The van der Waals surface area contributed by atoms with E-state index in [9.17, 15) is 15.0 Å². The summed E-state index contributed by atoms with van der Waals surface area (Å²) in [5, 5.41) is 25.0. The number of nitrogens with zero attached hydrogens (tertiary/aromatic N) is 3. The van der Waals surface area contributed by atoms with Crippen LogP contribution in [0.5, 0.6) is 11.5 Å². The van der Waals surface area contributed by atoms with Gasteiger partial charge in [0.25, 0.3) is 0 Å². The van der Waals surface area contributed by atoms with Crippen LogP contribution >= 0.6 is 15.9 Å². The largest absolute Gasteiger partial charge is 0.495 e. The Bertz CT molecular complexity index is 1350. The van der Waals surface area contributed by atoms with Gasteiger partial charge in [-0.15, -0.1) is 0 Å². The number of benzene rings is 2. The summed E-state index contributed by atoms with van der Waals surface area (Å²) in [6.07, 6.45) is 1.54. The van der Waals surface area contributed by atoms with Gasteiger partial charge < -0.3 is 29.5 Å². The first kappa shape index (κ1) is 25.3. The van der Waals surface area contributed by atoms with Gasteiger partial charge in [0.05, 0.1) is 31.0 Å². The van der Waals surface area contributed by atoms with Crippen molar-refractivity contribution in [1.82, 2.24) is 14.8 Å². The number of hydrogen-bond acceptors (Lipinski definition) is 7. The molecule has 3 aliphatic rings. The third kappa shape index (κ3) is 3.45. The highest BCUT2D eigenvalue weighted by Gasteiger charge is 2.78. The van der Waals surface area contributed by atoms with Gasteiger partial charge in [0.2, 0.25) is 5.91 Å². The van der Waals surface area contributed by atoms with E-state index in [0.717, 1.165) is 23.1 Å². The quantitative estimate of drug-likeness (QED) is 0.490. The van der Waals surface area contributed by atoms with Crippen LogP contribution in [-0.4, -0.2) is 77.3 Å². The average molecular weight is 580 g/mol. The van der Waals surface area contributed by atoms with E-state index >= 15 is 0 Å². The third-order valence-electron chi connectivity index (χ3n) is 8.41. The zero-order valence-corrected chi connectivity index (χ0v) is 22.8. The van der Waals surface area contributed by atoms with Crippen molar-refractivity contribution in [2.45, 2.75) is 23.2 Å². The van der Waals surface area contributed by atoms with Gasteiger partial charge in [0.1, 0.15) is 17.6 Å². The number of carbonyl (C=O) groups excluding carboxylic acids is 1. The van der Waals surface area contributed by atoms with Crippen LogP contribution in [0.2, 0.25) is 0 Å². The van der Waals surface area contributed by atoms with Crippen molar-refractivity contribution in [3.8, 4) is 11.5 Å². The van der Waals surface area contributed by atoms with Gasteiger partial charge in [-0.2, -0.15) is 0 Å². The van der Waals surface area contributed by atoms with Gasteiger partial charge >= 0.3 is 0 Å². The SMILES string of the molecule is COc1cncc2c1[C@]1(O)[C@H](O)[C@H](C(=O)N3CCN(C)CC3)[C@@H](c3ccccc3)[C@]1(c1ccc(Br)cc1)O2. The Morgan fingerprint density at radius 2 is 1.76 bits per heavy atom. The first-order valence-electron chi connectivity index (χ1n) is 12.7. The topological polar surface area (TPSA) is 95.4 Å². The first-order valence-corrected chi connectivity index (χ1v) is 13.5. The molecule has 0 bridgehead atoms. The van der Waals surface area contributed by atoms with Crippen LogP contribution in [0.3, 0.4) is 0 Å². The number of aromatic nitrogens is 1.